The van der Waals surface area contributed by atoms with Crippen LogP contribution >= 0.6 is 0 Å². The normalized spacial score (nSPS) is 11.7. The van der Waals surface area contributed by atoms with Crippen molar-refractivity contribution in [1.82, 2.24) is 9.13 Å². The maximum atomic E-state index is 6.02. The van der Waals surface area contributed by atoms with Gasteiger partial charge in [0.05, 0.1) is 29.2 Å². The van der Waals surface area contributed by atoms with Crippen LogP contribution in [0.5, 0.6) is 5.75 Å². The molecule has 0 aliphatic carbocycles. The van der Waals surface area contributed by atoms with Crippen molar-refractivity contribution in [2.24, 2.45) is 0 Å². The third-order valence-corrected chi connectivity index (χ3v) is 8.36. The summed E-state index contributed by atoms with van der Waals surface area (Å²) in [4.78, 5) is 0. The van der Waals surface area contributed by atoms with Crippen LogP contribution < -0.4 is 4.74 Å². The number of rotatable bonds is 4. The molecule has 0 saturated heterocycles. The minimum Gasteiger partial charge on any atom is -0.496 e. The average molecular weight is 529 g/mol. The predicted molar refractivity (Wildman–Crippen MR) is 172 cm³/mol. The first kappa shape index (κ1) is 23.6. The number of methoxy groups -OCH3 is 1. The molecule has 0 fully saturated rings. The van der Waals surface area contributed by atoms with Crippen molar-refractivity contribution < 1.29 is 4.74 Å². The van der Waals surface area contributed by atoms with E-state index < -0.39 is 0 Å². The molecule has 0 unspecified atom stereocenters. The standard InChI is InChI=1S/C38H28N2O/c1-25-23-26(39-34-15-7-3-11-29(34)30-12-4-8-16-35(30)39)19-21-28(25)33-22-20-27(24-38(33)41-2)40-36-17-9-5-13-31(36)32-14-6-10-18-37(32)40/h3-24H,1-2H3. The Labute approximate surface area is 238 Å². The van der Waals surface area contributed by atoms with E-state index in [0.717, 1.165) is 22.7 Å². The first-order chi connectivity index (χ1) is 20.2. The molecular formula is C38H28N2O. The second kappa shape index (κ2) is 9.14. The van der Waals surface area contributed by atoms with Crippen molar-refractivity contribution in [3.8, 4) is 28.3 Å². The number of fused-ring (bicyclic) bond motifs is 6. The van der Waals surface area contributed by atoms with Gasteiger partial charge in [-0.25, -0.2) is 0 Å². The molecule has 8 rings (SSSR count). The summed E-state index contributed by atoms with van der Waals surface area (Å²) >= 11 is 0. The van der Waals surface area contributed by atoms with Gasteiger partial charge in [-0.1, -0.05) is 78.9 Å². The van der Waals surface area contributed by atoms with E-state index in [1.165, 1.54) is 54.7 Å². The molecule has 8 aromatic rings. The molecule has 0 amide bonds. The maximum Gasteiger partial charge on any atom is 0.128 e. The average Bonchev–Trinajstić information content (AvgIpc) is 3.54. The number of hydrogen-bond acceptors (Lipinski definition) is 1. The molecule has 0 aliphatic rings. The molecule has 0 N–H and O–H groups in total. The zero-order valence-electron chi connectivity index (χ0n) is 23.0. The molecule has 0 aliphatic heterocycles. The highest BCUT2D eigenvalue weighted by Gasteiger charge is 2.17. The zero-order valence-corrected chi connectivity index (χ0v) is 23.0. The highest BCUT2D eigenvalue weighted by atomic mass is 16.5. The molecule has 0 atom stereocenters. The molecule has 6 aromatic carbocycles. The first-order valence-corrected chi connectivity index (χ1v) is 14.0. The van der Waals surface area contributed by atoms with E-state index in [2.05, 4.69) is 150 Å². The Bertz CT molecular complexity index is 2160. The van der Waals surface area contributed by atoms with Crippen molar-refractivity contribution in [3.63, 3.8) is 0 Å². The van der Waals surface area contributed by atoms with Gasteiger partial charge in [0.15, 0.2) is 0 Å². The van der Waals surface area contributed by atoms with Crippen LogP contribution in [0.1, 0.15) is 5.56 Å². The van der Waals surface area contributed by atoms with Crippen molar-refractivity contribution >= 4 is 43.6 Å². The number of hydrogen-bond donors (Lipinski definition) is 0. The van der Waals surface area contributed by atoms with Crippen LogP contribution in [0, 0.1) is 6.92 Å². The highest BCUT2D eigenvalue weighted by molar-refractivity contribution is 6.10. The summed E-state index contributed by atoms with van der Waals surface area (Å²) in [6.07, 6.45) is 0. The number of nitrogens with zero attached hydrogens (tertiary/aromatic N) is 2. The van der Waals surface area contributed by atoms with Crippen molar-refractivity contribution in [3.05, 3.63) is 139 Å². The third kappa shape index (κ3) is 3.52. The fourth-order valence-electron chi connectivity index (χ4n) is 6.53. The minimum absolute atomic E-state index is 0.858. The van der Waals surface area contributed by atoms with Gasteiger partial charge < -0.3 is 13.9 Å². The smallest absolute Gasteiger partial charge is 0.128 e. The van der Waals surface area contributed by atoms with Gasteiger partial charge >= 0.3 is 0 Å². The summed E-state index contributed by atoms with van der Waals surface area (Å²) in [5.74, 6) is 0.858. The lowest BCUT2D eigenvalue weighted by Gasteiger charge is -2.16. The van der Waals surface area contributed by atoms with Crippen LogP contribution in [0.15, 0.2) is 133 Å². The van der Waals surface area contributed by atoms with Gasteiger partial charge in [-0.3, -0.25) is 0 Å². The molecule has 2 heterocycles. The molecule has 3 nitrogen and oxygen atoms in total. The molecule has 2 aromatic heterocycles. The lowest BCUT2D eigenvalue weighted by Crippen LogP contribution is -1.98. The fourth-order valence-corrected chi connectivity index (χ4v) is 6.53. The Morgan fingerprint density at radius 1 is 0.439 bits per heavy atom. The molecule has 0 bridgehead atoms. The molecule has 196 valence electrons. The van der Waals surface area contributed by atoms with Crippen molar-refractivity contribution in [2.45, 2.75) is 6.92 Å². The largest absolute Gasteiger partial charge is 0.496 e. The van der Waals surface area contributed by atoms with Gasteiger partial charge in [0.25, 0.3) is 0 Å². The molecule has 41 heavy (non-hydrogen) atoms. The minimum atomic E-state index is 0.858. The summed E-state index contributed by atoms with van der Waals surface area (Å²) in [5.41, 5.74) is 10.5. The van der Waals surface area contributed by atoms with E-state index >= 15 is 0 Å². The first-order valence-electron chi connectivity index (χ1n) is 14.0. The second-order valence-corrected chi connectivity index (χ2v) is 10.6. The predicted octanol–water partition coefficient (Wildman–Crippen LogP) is 9.86. The fraction of sp³-hybridized carbons (Fsp3) is 0.0526. The van der Waals surface area contributed by atoms with Crippen LogP contribution in [0.25, 0.3) is 66.1 Å². The number of aromatic nitrogens is 2. The third-order valence-electron chi connectivity index (χ3n) is 8.36. The lowest BCUT2D eigenvalue weighted by atomic mass is 9.98. The molecule has 3 heteroatoms. The Balaban J connectivity index is 1.27. The van der Waals surface area contributed by atoms with Gasteiger partial charge in [-0.15, -0.1) is 0 Å². The van der Waals surface area contributed by atoms with Crippen LogP contribution in [0.4, 0.5) is 0 Å². The molecule has 0 spiro atoms. The molecular weight excluding hydrogens is 500 g/mol. The quantitative estimate of drug-likeness (QED) is 0.222. The van der Waals surface area contributed by atoms with E-state index in [1.807, 2.05) is 0 Å². The summed E-state index contributed by atoms with van der Waals surface area (Å²) in [6.45, 7) is 2.19. The van der Waals surface area contributed by atoms with Gasteiger partial charge in [-0.2, -0.15) is 0 Å². The number of benzene rings is 6. The van der Waals surface area contributed by atoms with E-state index in [-0.39, 0.29) is 0 Å². The number of aryl methyl sites for hydroxylation is 1. The van der Waals surface area contributed by atoms with Crippen molar-refractivity contribution in [1.29, 1.82) is 0 Å². The summed E-state index contributed by atoms with van der Waals surface area (Å²) in [7, 11) is 1.76. The Kier molecular flexibility index (Phi) is 5.26. The summed E-state index contributed by atoms with van der Waals surface area (Å²) < 4.78 is 10.7. The van der Waals surface area contributed by atoms with Gasteiger partial charge in [0.2, 0.25) is 0 Å². The van der Waals surface area contributed by atoms with Crippen LogP contribution in [-0.2, 0) is 0 Å². The van der Waals surface area contributed by atoms with Gasteiger partial charge in [0, 0.05) is 44.5 Å². The van der Waals surface area contributed by atoms with Crippen molar-refractivity contribution in [2.75, 3.05) is 7.11 Å². The Hall–Kier alpha value is -5.28. The molecule has 0 radical (unpaired) electrons. The lowest BCUT2D eigenvalue weighted by molar-refractivity contribution is 0.416. The Morgan fingerprint density at radius 3 is 1.24 bits per heavy atom. The van der Waals surface area contributed by atoms with Gasteiger partial charge in [-0.05, 0) is 66.6 Å². The van der Waals surface area contributed by atoms with Crippen LogP contribution in [0.3, 0.4) is 0 Å². The Morgan fingerprint density at radius 2 is 0.829 bits per heavy atom. The number of ether oxygens (including phenoxy) is 1. The maximum absolute atomic E-state index is 6.02. The van der Waals surface area contributed by atoms with Gasteiger partial charge in [0.1, 0.15) is 5.75 Å². The molecule has 0 saturated carbocycles. The van der Waals surface area contributed by atoms with E-state index in [9.17, 15) is 0 Å². The monoisotopic (exact) mass is 528 g/mol. The van der Waals surface area contributed by atoms with Crippen LogP contribution in [0.2, 0.25) is 0 Å². The van der Waals surface area contributed by atoms with Crippen LogP contribution in [-0.4, -0.2) is 16.2 Å². The summed E-state index contributed by atoms with van der Waals surface area (Å²) in [6, 6.07) is 47.8. The second-order valence-electron chi connectivity index (χ2n) is 10.6. The van der Waals surface area contributed by atoms with E-state index in [1.54, 1.807) is 7.11 Å². The van der Waals surface area contributed by atoms with E-state index in [0.29, 0.717) is 0 Å². The highest BCUT2D eigenvalue weighted by Crippen LogP contribution is 2.39. The number of para-hydroxylation sites is 4. The SMILES string of the molecule is COc1cc(-n2c3ccccc3c3ccccc32)ccc1-c1ccc(-n2c3ccccc3c3ccccc32)cc1C. The zero-order chi connectivity index (χ0) is 27.5. The van der Waals surface area contributed by atoms with E-state index in [4.69, 9.17) is 4.74 Å². The topological polar surface area (TPSA) is 19.1 Å². The summed E-state index contributed by atoms with van der Waals surface area (Å²) in [5, 5.41) is 5.05.